The molecule has 0 aliphatic heterocycles. The molecule has 0 saturated heterocycles. The van der Waals surface area contributed by atoms with Crippen LogP contribution in [0.15, 0.2) is 30.3 Å². The summed E-state index contributed by atoms with van der Waals surface area (Å²) in [6.45, 7) is 7.83. The monoisotopic (exact) mass is 205 g/mol. The second kappa shape index (κ2) is 6.62. The first-order chi connectivity index (χ1) is 7.24. The normalized spacial score (nSPS) is 13.1. The lowest BCUT2D eigenvalue weighted by atomic mass is 9.97. The summed E-state index contributed by atoms with van der Waals surface area (Å²) >= 11 is 0. The van der Waals surface area contributed by atoms with Crippen molar-refractivity contribution in [1.29, 1.82) is 0 Å². The Kier molecular flexibility index (Phi) is 5.41. The van der Waals surface area contributed by atoms with E-state index in [4.69, 9.17) is 0 Å². The zero-order valence-corrected chi connectivity index (χ0v) is 10.2. The molecule has 1 atom stereocenters. The highest BCUT2D eigenvalue weighted by molar-refractivity contribution is 5.14. The molecule has 0 heterocycles. The van der Waals surface area contributed by atoms with Crippen molar-refractivity contribution in [2.75, 3.05) is 6.54 Å². The third-order valence-corrected chi connectivity index (χ3v) is 2.86. The van der Waals surface area contributed by atoms with E-state index in [-0.39, 0.29) is 0 Å². The molecule has 0 aliphatic carbocycles. The van der Waals surface area contributed by atoms with Crippen LogP contribution < -0.4 is 5.32 Å². The van der Waals surface area contributed by atoms with Gasteiger partial charge in [0.25, 0.3) is 0 Å². The first-order valence-corrected chi connectivity index (χ1v) is 6.01. The van der Waals surface area contributed by atoms with Crippen LogP contribution in [0.3, 0.4) is 0 Å². The molecule has 0 aromatic heterocycles. The largest absolute Gasteiger partial charge is 0.314 e. The van der Waals surface area contributed by atoms with E-state index in [2.05, 4.69) is 56.4 Å². The van der Waals surface area contributed by atoms with Gasteiger partial charge in [-0.05, 0) is 30.9 Å². The van der Waals surface area contributed by atoms with Crippen LogP contribution in [-0.2, 0) is 6.42 Å². The molecule has 0 aliphatic rings. The fraction of sp³-hybridized carbons (Fsp3) is 0.571. The third-order valence-electron chi connectivity index (χ3n) is 2.86. The molecule has 1 rings (SSSR count). The van der Waals surface area contributed by atoms with E-state index in [9.17, 15) is 0 Å². The van der Waals surface area contributed by atoms with E-state index in [0.29, 0.717) is 12.0 Å². The summed E-state index contributed by atoms with van der Waals surface area (Å²) in [4.78, 5) is 0. The van der Waals surface area contributed by atoms with Crippen molar-refractivity contribution in [2.45, 2.75) is 39.7 Å². The lowest BCUT2D eigenvalue weighted by Gasteiger charge is -2.21. The average molecular weight is 205 g/mol. The molecule has 1 unspecified atom stereocenters. The molecule has 1 aromatic rings. The molecule has 15 heavy (non-hydrogen) atoms. The summed E-state index contributed by atoms with van der Waals surface area (Å²) in [6, 6.07) is 11.4. The van der Waals surface area contributed by atoms with Crippen LogP contribution in [-0.4, -0.2) is 12.6 Å². The van der Waals surface area contributed by atoms with Crippen LogP contribution in [0.1, 0.15) is 32.8 Å². The Morgan fingerprint density at radius 3 is 2.33 bits per heavy atom. The molecule has 0 spiro atoms. The zero-order valence-electron chi connectivity index (χ0n) is 10.2. The van der Waals surface area contributed by atoms with Crippen molar-refractivity contribution in [2.24, 2.45) is 5.92 Å². The van der Waals surface area contributed by atoms with Gasteiger partial charge < -0.3 is 5.32 Å². The summed E-state index contributed by atoms with van der Waals surface area (Å²) in [5, 5.41) is 3.55. The molecule has 84 valence electrons. The molecule has 0 bridgehead atoms. The minimum absolute atomic E-state index is 0.648. The maximum absolute atomic E-state index is 3.55. The molecule has 0 radical (unpaired) electrons. The summed E-state index contributed by atoms with van der Waals surface area (Å²) in [7, 11) is 0. The second-order valence-electron chi connectivity index (χ2n) is 4.43. The fourth-order valence-electron chi connectivity index (χ4n) is 1.90. The van der Waals surface area contributed by atoms with Crippen molar-refractivity contribution >= 4 is 0 Å². The first-order valence-electron chi connectivity index (χ1n) is 6.01. The Hall–Kier alpha value is -0.820. The quantitative estimate of drug-likeness (QED) is 0.751. The number of hydrogen-bond acceptors (Lipinski definition) is 1. The van der Waals surface area contributed by atoms with Gasteiger partial charge in [-0.25, -0.2) is 0 Å². The molecule has 0 amide bonds. The SMILES string of the molecule is CCNC(CCc1ccccc1)C(C)C. The van der Waals surface area contributed by atoms with Crippen molar-refractivity contribution < 1.29 is 0 Å². The Bertz CT molecular complexity index is 253. The maximum Gasteiger partial charge on any atom is 0.00931 e. The van der Waals surface area contributed by atoms with Gasteiger partial charge in [0.1, 0.15) is 0 Å². The predicted molar refractivity (Wildman–Crippen MR) is 67.1 cm³/mol. The van der Waals surface area contributed by atoms with E-state index in [0.717, 1.165) is 6.54 Å². The van der Waals surface area contributed by atoms with Crippen LogP contribution >= 0.6 is 0 Å². The smallest absolute Gasteiger partial charge is 0.00931 e. The molecule has 0 saturated carbocycles. The standard InChI is InChI=1S/C14H23N/c1-4-15-14(12(2)3)11-10-13-8-6-5-7-9-13/h5-9,12,14-15H,4,10-11H2,1-3H3. The Morgan fingerprint density at radius 2 is 1.80 bits per heavy atom. The Morgan fingerprint density at radius 1 is 1.13 bits per heavy atom. The predicted octanol–water partition coefficient (Wildman–Crippen LogP) is 3.25. The van der Waals surface area contributed by atoms with E-state index in [1.807, 2.05) is 0 Å². The molecule has 1 heteroatoms. The van der Waals surface area contributed by atoms with Crippen LogP contribution in [0.2, 0.25) is 0 Å². The van der Waals surface area contributed by atoms with Gasteiger partial charge >= 0.3 is 0 Å². The van der Waals surface area contributed by atoms with Gasteiger partial charge in [0.15, 0.2) is 0 Å². The van der Waals surface area contributed by atoms with E-state index >= 15 is 0 Å². The summed E-state index contributed by atoms with van der Waals surface area (Å²) in [5.41, 5.74) is 1.45. The number of benzene rings is 1. The van der Waals surface area contributed by atoms with E-state index < -0.39 is 0 Å². The number of aryl methyl sites for hydroxylation is 1. The molecule has 0 fully saturated rings. The molecule has 1 nitrogen and oxygen atoms in total. The Balaban J connectivity index is 2.40. The van der Waals surface area contributed by atoms with Crippen LogP contribution in [0.5, 0.6) is 0 Å². The van der Waals surface area contributed by atoms with Gasteiger partial charge in [0.05, 0.1) is 0 Å². The highest BCUT2D eigenvalue weighted by Gasteiger charge is 2.11. The lowest BCUT2D eigenvalue weighted by Crippen LogP contribution is -2.34. The van der Waals surface area contributed by atoms with Gasteiger partial charge in [-0.15, -0.1) is 0 Å². The summed E-state index contributed by atoms with van der Waals surface area (Å²) in [6.07, 6.45) is 2.41. The van der Waals surface area contributed by atoms with Gasteiger partial charge in [-0.2, -0.15) is 0 Å². The third kappa shape index (κ3) is 4.48. The van der Waals surface area contributed by atoms with Gasteiger partial charge in [-0.3, -0.25) is 0 Å². The molecule has 1 N–H and O–H groups in total. The van der Waals surface area contributed by atoms with Crippen molar-refractivity contribution in [1.82, 2.24) is 5.32 Å². The zero-order chi connectivity index (χ0) is 11.1. The minimum Gasteiger partial charge on any atom is -0.314 e. The molecular weight excluding hydrogens is 182 g/mol. The number of hydrogen-bond donors (Lipinski definition) is 1. The summed E-state index contributed by atoms with van der Waals surface area (Å²) in [5.74, 6) is 0.716. The Labute approximate surface area is 93.9 Å². The van der Waals surface area contributed by atoms with Gasteiger partial charge in [0.2, 0.25) is 0 Å². The number of rotatable bonds is 6. The van der Waals surface area contributed by atoms with Crippen LogP contribution in [0, 0.1) is 5.92 Å². The minimum atomic E-state index is 0.648. The van der Waals surface area contributed by atoms with Gasteiger partial charge in [0, 0.05) is 6.04 Å². The van der Waals surface area contributed by atoms with Crippen molar-refractivity contribution in [3.05, 3.63) is 35.9 Å². The maximum atomic E-state index is 3.55. The van der Waals surface area contributed by atoms with Gasteiger partial charge in [-0.1, -0.05) is 51.1 Å². The average Bonchev–Trinajstić information content (AvgIpc) is 2.25. The van der Waals surface area contributed by atoms with Crippen molar-refractivity contribution in [3.63, 3.8) is 0 Å². The highest BCUT2D eigenvalue weighted by Crippen LogP contribution is 2.10. The molecule has 1 aromatic carbocycles. The first kappa shape index (κ1) is 12.3. The van der Waals surface area contributed by atoms with E-state index in [1.54, 1.807) is 0 Å². The molecular formula is C14H23N. The van der Waals surface area contributed by atoms with E-state index in [1.165, 1.54) is 18.4 Å². The fourth-order valence-corrected chi connectivity index (χ4v) is 1.90. The highest BCUT2D eigenvalue weighted by atomic mass is 14.9. The van der Waals surface area contributed by atoms with Crippen LogP contribution in [0.25, 0.3) is 0 Å². The number of nitrogens with one attached hydrogen (secondary N) is 1. The summed E-state index contributed by atoms with van der Waals surface area (Å²) < 4.78 is 0. The lowest BCUT2D eigenvalue weighted by molar-refractivity contribution is 0.385. The second-order valence-corrected chi connectivity index (χ2v) is 4.43. The topological polar surface area (TPSA) is 12.0 Å². The van der Waals surface area contributed by atoms with Crippen molar-refractivity contribution in [3.8, 4) is 0 Å². The van der Waals surface area contributed by atoms with Crippen LogP contribution in [0.4, 0.5) is 0 Å².